The van der Waals surface area contributed by atoms with E-state index in [-0.39, 0.29) is 29.5 Å². The predicted molar refractivity (Wildman–Crippen MR) is 109 cm³/mol. The molecule has 10 heteroatoms. The van der Waals surface area contributed by atoms with Gasteiger partial charge >= 0.3 is 6.61 Å². The fraction of sp³-hybridized carbons (Fsp3) is 0.350. The molecule has 0 aliphatic rings. The second-order valence-electron chi connectivity index (χ2n) is 6.36. The largest absolute Gasteiger partial charge is 0.434 e. The van der Waals surface area contributed by atoms with Crippen molar-refractivity contribution >= 4 is 15.8 Å². The molecular formula is C20H24F3N3O3S. The first-order chi connectivity index (χ1) is 14.2. The topological polar surface area (TPSA) is 79.8 Å². The lowest BCUT2D eigenvalue weighted by Gasteiger charge is -2.13. The molecule has 0 aromatic heterocycles. The summed E-state index contributed by atoms with van der Waals surface area (Å²) < 4.78 is 68.1. The van der Waals surface area contributed by atoms with Gasteiger partial charge in [0.15, 0.2) is 15.8 Å². The molecule has 0 atom stereocenters. The van der Waals surface area contributed by atoms with Crippen LogP contribution in [-0.2, 0) is 16.4 Å². The lowest BCUT2D eigenvalue weighted by Crippen LogP contribution is -2.39. The number of sulfone groups is 1. The predicted octanol–water partition coefficient (Wildman–Crippen LogP) is 3.26. The van der Waals surface area contributed by atoms with Crippen LogP contribution in [-0.4, -0.2) is 39.8 Å². The van der Waals surface area contributed by atoms with Gasteiger partial charge in [0.1, 0.15) is 16.5 Å². The lowest BCUT2D eigenvalue weighted by molar-refractivity contribution is -0.0504. The van der Waals surface area contributed by atoms with Gasteiger partial charge in [0.05, 0.1) is 12.3 Å². The number of guanidine groups is 1. The number of hydrogen-bond acceptors (Lipinski definition) is 4. The van der Waals surface area contributed by atoms with E-state index in [2.05, 4.69) is 20.4 Å². The average molecular weight is 443 g/mol. The quantitative estimate of drug-likeness (QED) is 0.459. The number of nitrogens with one attached hydrogen (secondary N) is 2. The Morgan fingerprint density at radius 1 is 1.17 bits per heavy atom. The summed E-state index contributed by atoms with van der Waals surface area (Å²) in [7, 11) is -3.82. The van der Waals surface area contributed by atoms with Gasteiger partial charge in [-0.3, -0.25) is 0 Å². The monoisotopic (exact) mass is 443 g/mol. The highest BCUT2D eigenvalue weighted by molar-refractivity contribution is 7.91. The maximum absolute atomic E-state index is 13.8. The summed E-state index contributed by atoms with van der Waals surface area (Å²) in [5.41, 5.74) is 1.32. The van der Waals surface area contributed by atoms with Crippen LogP contribution in [0, 0.1) is 12.7 Å². The molecule has 2 rings (SSSR count). The normalized spacial score (nSPS) is 12.1. The molecule has 0 fully saturated rings. The zero-order valence-corrected chi connectivity index (χ0v) is 17.5. The Bertz CT molecular complexity index is 982. The summed E-state index contributed by atoms with van der Waals surface area (Å²) in [5.74, 6) is -0.824. The zero-order valence-electron chi connectivity index (χ0n) is 16.7. The summed E-state index contributed by atoms with van der Waals surface area (Å²) in [6.07, 6.45) is 0. The van der Waals surface area contributed by atoms with Crippen molar-refractivity contribution in [1.29, 1.82) is 0 Å². The summed E-state index contributed by atoms with van der Waals surface area (Å²) in [6.45, 7) is 1.21. The van der Waals surface area contributed by atoms with Gasteiger partial charge in [-0.25, -0.2) is 17.8 Å². The Morgan fingerprint density at radius 3 is 2.57 bits per heavy atom. The third-order valence-corrected chi connectivity index (χ3v) is 5.76. The molecule has 2 aromatic carbocycles. The van der Waals surface area contributed by atoms with Crippen molar-refractivity contribution < 1.29 is 26.3 Å². The minimum Gasteiger partial charge on any atom is -0.434 e. The summed E-state index contributed by atoms with van der Waals surface area (Å²) in [4.78, 5) is 3.94. The molecule has 0 saturated carbocycles. The number of hydrogen-bond donors (Lipinski definition) is 2. The molecule has 0 spiro atoms. The number of nitrogens with zero attached hydrogens (tertiary/aromatic N) is 1. The van der Waals surface area contributed by atoms with Crippen LogP contribution in [0.15, 0.2) is 52.4 Å². The first-order valence-electron chi connectivity index (χ1n) is 9.26. The Hall–Kier alpha value is -2.75. The highest BCUT2D eigenvalue weighted by Gasteiger charge is 2.18. The molecule has 0 heterocycles. The highest BCUT2D eigenvalue weighted by atomic mass is 32.2. The number of ether oxygens (including phenoxy) is 1. The number of aryl methyl sites for hydroxylation is 1. The van der Waals surface area contributed by atoms with Crippen LogP contribution in [0.1, 0.15) is 18.1 Å². The van der Waals surface area contributed by atoms with Crippen LogP contribution in [0.5, 0.6) is 5.75 Å². The fourth-order valence-electron chi connectivity index (χ4n) is 2.66. The number of aliphatic imine (C=N–C) groups is 1. The van der Waals surface area contributed by atoms with Gasteiger partial charge in [-0.15, -0.1) is 0 Å². The smallest absolute Gasteiger partial charge is 0.387 e. The van der Waals surface area contributed by atoms with E-state index in [4.69, 9.17) is 0 Å². The van der Waals surface area contributed by atoms with Gasteiger partial charge in [-0.1, -0.05) is 29.8 Å². The van der Waals surface area contributed by atoms with Crippen LogP contribution >= 0.6 is 0 Å². The average Bonchev–Trinajstić information content (AvgIpc) is 2.67. The Labute approximate surface area is 174 Å². The second kappa shape index (κ2) is 10.9. The second-order valence-corrected chi connectivity index (χ2v) is 8.44. The first-order valence-corrected chi connectivity index (χ1v) is 10.9. The summed E-state index contributed by atoms with van der Waals surface area (Å²) in [6, 6.07) is 9.97. The molecule has 0 aliphatic heterocycles. The van der Waals surface area contributed by atoms with Gasteiger partial charge in [0.25, 0.3) is 0 Å². The Kier molecular flexibility index (Phi) is 8.52. The van der Waals surface area contributed by atoms with Gasteiger partial charge in [-0.2, -0.15) is 8.78 Å². The fourth-order valence-corrected chi connectivity index (χ4v) is 3.90. The molecule has 0 bridgehead atoms. The van der Waals surface area contributed by atoms with Crippen molar-refractivity contribution in [2.24, 2.45) is 4.99 Å². The van der Waals surface area contributed by atoms with Crippen LogP contribution in [0.25, 0.3) is 0 Å². The van der Waals surface area contributed by atoms with E-state index >= 15 is 0 Å². The van der Waals surface area contributed by atoms with E-state index in [0.717, 1.165) is 11.6 Å². The Balaban J connectivity index is 2.07. The number of alkyl halides is 2. The van der Waals surface area contributed by atoms with Gasteiger partial charge in [0.2, 0.25) is 0 Å². The standard InChI is InChI=1S/C20H24F3N3O3S/c1-3-24-20(25-10-11-30(27,28)18-7-5-4-6-16(18)21)26-13-15-12-14(2)8-9-17(15)29-19(22)23/h4-9,12,19H,3,10-11,13H2,1-2H3,(H2,24,25,26). The van der Waals surface area contributed by atoms with Crippen LogP contribution in [0.2, 0.25) is 0 Å². The van der Waals surface area contributed by atoms with E-state index in [1.54, 1.807) is 12.1 Å². The molecule has 2 aromatic rings. The molecule has 0 aliphatic carbocycles. The molecule has 164 valence electrons. The molecular weight excluding hydrogens is 419 g/mol. The number of benzene rings is 2. The van der Waals surface area contributed by atoms with Crippen molar-refractivity contribution in [3.8, 4) is 5.75 Å². The molecule has 0 saturated heterocycles. The molecule has 0 unspecified atom stereocenters. The van der Waals surface area contributed by atoms with E-state index in [1.807, 2.05) is 13.8 Å². The van der Waals surface area contributed by atoms with E-state index in [9.17, 15) is 21.6 Å². The molecule has 0 radical (unpaired) electrons. The van der Waals surface area contributed by atoms with Crippen LogP contribution in [0.4, 0.5) is 13.2 Å². The highest BCUT2D eigenvalue weighted by Crippen LogP contribution is 2.23. The summed E-state index contributed by atoms with van der Waals surface area (Å²) >= 11 is 0. The molecule has 0 amide bonds. The van der Waals surface area contributed by atoms with Gasteiger partial charge < -0.3 is 15.4 Å². The van der Waals surface area contributed by atoms with Crippen LogP contribution < -0.4 is 15.4 Å². The third kappa shape index (κ3) is 6.94. The lowest BCUT2D eigenvalue weighted by atomic mass is 10.1. The SMILES string of the molecule is CCNC(=NCc1cc(C)ccc1OC(F)F)NCCS(=O)(=O)c1ccccc1F. The summed E-state index contributed by atoms with van der Waals surface area (Å²) in [5, 5.41) is 5.81. The first kappa shape index (κ1) is 23.5. The third-order valence-electron chi connectivity index (χ3n) is 4.02. The van der Waals surface area contributed by atoms with Crippen molar-refractivity contribution in [1.82, 2.24) is 10.6 Å². The van der Waals surface area contributed by atoms with E-state index in [0.29, 0.717) is 18.1 Å². The van der Waals surface area contributed by atoms with Crippen LogP contribution in [0.3, 0.4) is 0 Å². The Morgan fingerprint density at radius 2 is 1.90 bits per heavy atom. The van der Waals surface area contributed by atoms with Crippen molar-refractivity contribution in [3.63, 3.8) is 0 Å². The number of rotatable bonds is 9. The molecule has 6 nitrogen and oxygen atoms in total. The molecule has 2 N–H and O–H groups in total. The van der Waals surface area contributed by atoms with Crippen molar-refractivity contribution in [2.75, 3.05) is 18.8 Å². The number of halogens is 3. The van der Waals surface area contributed by atoms with Crippen molar-refractivity contribution in [2.45, 2.75) is 31.9 Å². The molecule has 30 heavy (non-hydrogen) atoms. The maximum Gasteiger partial charge on any atom is 0.387 e. The minimum atomic E-state index is -3.82. The van der Waals surface area contributed by atoms with Gasteiger partial charge in [-0.05, 0) is 32.0 Å². The zero-order chi connectivity index (χ0) is 22.1. The van der Waals surface area contributed by atoms with E-state index < -0.39 is 22.3 Å². The van der Waals surface area contributed by atoms with Gasteiger partial charge in [0, 0.05) is 18.7 Å². The minimum absolute atomic E-state index is 0.0172. The van der Waals surface area contributed by atoms with Crippen molar-refractivity contribution in [3.05, 3.63) is 59.4 Å². The maximum atomic E-state index is 13.8. The van der Waals surface area contributed by atoms with E-state index in [1.165, 1.54) is 24.3 Å².